The zero-order chi connectivity index (χ0) is 17.3. The second-order valence-electron chi connectivity index (χ2n) is 7.85. The van der Waals surface area contributed by atoms with Gasteiger partial charge in [0.25, 0.3) is 5.91 Å². The molecule has 0 aromatic heterocycles. The van der Waals surface area contributed by atoms with Crippen LogP contribution in [0.25, 0.3) is 0 Å². The summed E-state index contributed by atoms with van der Waals surface area (Å²) >= 11 is 0. The fraction of sp³-hybridized carbons (Fsp3) is 0.435. The molecule has 1 aliphatic heterocycles. The molecular weight excluding hydrogens is 306 g/mol. The summed E-state index contributed by atoms with van der Waals surface area (Å²) in [6, 6.07) is 18.5. The fourth-order valence-electron chi connectivity index (χ4n) is 4.99. The lowest BCUT2D eigenvalue weighted by molar-refractivity contribution is 0.0262. The largest absolute Gasteiger partial charge is 0.329 e. The molecule has 1 unspecified atom stereocenters. The Morgan fingerprint density at radius 2 is 1.64 bits per heavy atom. The number of rotatable bonds is 1. The third kappa shape index (κ3) is 2.99. The Hall–Kier alpha value is -2.09. The number of carbonyl (C=O) groups is 1. The van der Waals surface area contributed by atoms with Crippen LogP contribution in [0.2, 0.25) is 0 Å². The third-order valence-electron chi connectivity index (χ3n) is 6.22. The van der Waals surface area contributed by atoms with E-state index >= 15 is 0 Å². The van der Waals surface area contributed by atoms with Crippen LogP contribution in [-0.4, -0.2) is 16.3 Å². The van der Waals surface area contributed by atoms with Crippen LogP contribution in [-0.2, 0) is 6.54 Å². The highest BCUT2D eigenvalue weighted by Gasteiger charge is 2.44. The zero-order valence-electron chi connectivity index (χ0n) is 15.1. The van der Waals surface area contributed by atoms with Crippen molar-refractivity contribution in [2.45, 2.75) is 63.5 Å². The van der Waals surface area contributed by atoms with Crippen molar-refractivity contribution in [2.75, 3.05) is 0 Å². The molecule has 0 radical (unpaired) electrons. The number of benzene rings is 2. The minimum Gasteiger partial charge on any atom is -0.329 e. The van der Waals surface area contributed by atoms with E-state index < -0.39 is 0 Å². The van der Waals surface area contributed by atoms with E-state index in [-0.39, 0.29) is 11.4 Å². The number of nitrogens with zero attached hydrogens (tertiary/aromatic N) is 1. The predicted octanol–water partition coefficient (Wildman–Crippen LogP) is 5.54. The van der Waals surface area contributed by atoms with E-state index in [0.717, 1.165) is 31.4 Å². The van der Waals surface area contributed by atoms with Gasteiger partial charge in [-0.2, -0.15) is 0 Å². The molecular formula is C23H27NO. The Morgan fingerprint density at radius 1 is 0.960 bits per heavy atom. The minimum absolute atomic E-state index is 0.0175. The third-order valence-corrected chi connectivity index (χ3v) is 6.22. The molecule has 1 fully saturated rings. The molecule has 1 heterocycles. The summed E-state index contributed by atoms with van der Waals surface area (Å²) in [6.07, 6.45) is 7.15. The van der Waals surface area contributed by atoms with Gasteiger partial charge in [0, 0.05) is 17.6 Å². The summed E-state index contributed by atoms with van der Waals surface area (Å²) in [7, 11) is 0. The van der Waals surface area contributed by atoms with Gasteiger partial charge in [0.15, 0.2) is 0 Å². The average molecular weight is 333 g/mol. The molecule has 25 heavy (non-hydrogen) atoms. The highest BCUT2D eigenvalue weighted by atomic mass is 16.2. The monoisotopic (exact) mass is 333 g/mol. The van der Waals surface area contributed by atoms with Gasteiger partial charge in [-0.1, -0.05) is 68.7 Å². The molecule has 1 aliphatic carbocycles. The van der Waals surface area contributed by atoms with Gasteiger partial charge in [-0.15, -0.1) is 0 Å². The molecule has 4 rings (SSSR count). The second kappa shape index (κ2) is 6.67. The molecule has 1 atom stereocenters. The van der Waals surface area contributed by atoms with E-state index in [4.69, 9.17) is 0 Å². The number of amides is 1. The summed E-state index contributed by atoms with van der Waals surface area (Å²) in [5, 5.41) is 0. The van der Waals surface area contributed by atoms with Gasteiger partial charge in [0.1, 0.15) is 0 Å². The van der Waals surface area contributed by atoms with Gasteiger partial charge in [0.2, 0.25) is 0 Å². The summed E-state index contributed by atoms with van der Waals surface area (Å²) < 4.78 is 0. The van der Waals surface area contributed by atoms with Crippen LogP contribution in [0.3, 0.4) is 0 Å². The average Bonchev–Trinajstić information content (AvgIpc) is 2.78. The van der Waals surface area contributed by atoms with Crippen LogP contribution in [0.5, 0.6) is 0 Å². The van der Waals surface area contributed by atoms with Crippen LogP contribution >= 0.6 is 0 Å². The second-order valence-corrected chi connectivity index (χ2v) is 7.85. The van der Waals surface area contributed by atoms with Crippen LogP contribution < -0.4 is 0 Å². The van der Waals surface area contributed by atoms with Crippen molar-refractivity contribution in [3.8, 4) is 0 Å². The molecule has 1 amide bonds. The van der Waals surface area contributed by atoms with E-state index in [1.807, 2.05) is 30.3 Å². The first-order valence-electron chi connectivity index (χ1n) is 9.64. The lowest BCUT2D eigenvalue weighted by atomic mass is 9.74. The summed E-state index contributed by atoms with van der Waals surface area (Å²) in [5.41, 5.74) is 3.58. The quantitative estimate of drug-likeness (QED) is 0.671. The molecule has 2 aromatic carbocycles. The number of carbonyl (C=O) groups excluding carboxylic acids is 1. The Balaban J connectivity index is 1.78. The predicted molar refractivity (Wildman–Crippen MR) is 102 cm³/mol. The molecule has 2 aliphatic rings. The molecule has 1 saturated carbocycles. The van der Waals surface area contributed by atoms with Crippen molar-refractivity contribution in [1.82, 2.24) is 4.90 Å². The maximum absolute atomic E-state index is 13.5. The van der Waals surface area contributed by atoms with Crippen LogP contribution in [0.1, 0.15) is 72.9 Å². The van der Waals surface area contributed by atoms with Crippen molar-refractivity contribution < 1.29 is 4.79 Å². The normalized spacial score (nSPS) is 22.3. The Kier molecular flexibility index (Phi) is 4.37. The summed E-state index contributed by atoms with van der Waals surface area (Å²) in [6.45, 7) is 3.08. The van der Waals surface area contributed by atoms with Crippen molar-refractivity contribution in [1.29, 1.82) is 0 Å². The zero-order valence-corrected chi connectivity index (χ0v) is 15.1. The van der Waals surface area contributed by atoms with Gasteiger partial charge >= 0.3 is 0 Å². The minimum atomic E-state index is 0.0175. The van der Waals surface area contributed by atoms with Crippen molar-refractivity contribution >= 4 is 5.91 Å². The van der Waals surface area contributed by atoms with Crippen molar-refractivity contribution in [3.63, 3.8) is 0 Å². The molecule has 2 nitrogen and oxygen atoms in total. The van der Waals surface area contributed by atoms with Gasteiger partial charge in [0.05, 0.1) is 0 Å². The number of hydrogen-bond donors (Lipinski definition) is 0. The summed E-state index contributed by atoms with van der Waals surface area (Å²) in [5.74, 6) is 0.703. The van der Waals surface area contributed by atoms with E-state index in [1.54, 1.807) is 0 Å². The molecule has 0 N–H and O–H groups in total. The fourth-order valence-corrected chi connectivity index (χ4v) is 4.99. The van der Waals surface area contributed by atoms with Gasteiger partial charge < -0.3 is 4.90 Å². The molecule has 2 aromatic rings. The van der Waals surface area contributed by atoms with Crippen LogP contribution in [0.4, 0.5) is 0 Å². The first kappa shape index (κ1) is 16.4. The summed E-state index contributed by atoms with van der Waals surface area (Å²) in [4.78, 5) is 15.7. The smallest absolute Gasteiger partial charge is 0.254 e. The van der Waals surface area contributed by atoms with Crippen LogP contribution in [0.15, 0.2) is 54.6 Å². The molecule has 0 bridgehead atoms. The molecule has 1 spiro atoms. The van der Waals surface area contributed by atoms with Crippen molar-refractivity contribution in [3.05, 3.63) is 71.3 Å². The van der Waals surface area contributed by atoms with E-state index in [1.165, 1.54) is 30.4 Å². The lowest BCUT2D eigenvalue weighted by Gasteiger charge is -2.46. The topological polar surface area (TPSA) is 20.3 Å². The maximum Gasteiger partial charge on any atom is 0.254 e. The van der Waals surface area contributed by atoms with Gasteiger partial charge in [-0.25, -0.2) is 0 Å². The first-order chi connectivity index (χ1) is 12.2. The standard InChI is InChI=1S/C23H27NO/c1-18-16-23(14-8-3-9-15-23)24(17-20-12-6-7-13-21(18)20)22(25)19-10-4-2-5-11-19/h2,4-7,10-13,18H,3,8-9,14-17H2,1H3. The number of fused-ring (bicyclic) bond motifs is 1. The van der Waals surface area contributed by atoms with Crippen molar-refractivity contribution in [2.24, 2.45) is 0 Å². The van der Waals surface area contributed by atoms with Crippen LogP contribution in [0, 0.1) is 0 Å². The van der Waals surface area contributed by atoms with E-state index in [9.17, 15) is 4.79 Å². The van der Waals surface area contributed by atoms with Gasteiger partial charge in [-0.05, 0) is 48.4 Å². The van der Waals surface area contributed by atoms with E-state index in [0.29, 0.717) is 5.92 Å². The molecule has 0 saturated heterocycles. The first-order valence-corrected chi connectivity index (χ1v) is 9.64. The highest BCUT2D eigenvalue weighted by Crippen LogP contribution is 2.45. The Labute approximate surface area is 150 Å². The highest BCUT2D eigenvalue weighted by molar-refractivity contribution is 5.94. The molecule has 2 heteroatoms. The SMILES string of the molecule is CC1CC2(CCCCC2)N(C(=O)c2ccccc2)Cc2ccccc21. The maximum atomic E-state index is 13.5. The van der Waals surface area contributed by atoms with Gasteiger partial charge in [-0.3, -0.25) is 4.79 Å². The van der Waals surface area contributed by atoms with E-state index in [2.05, 4.69) is 36.1 Å². The Bertz CT molecular complexity index is 746. The Morgan fingerprint density at radius 3 is 2.40 bits per heavy atom. The molecule has 130 valence electrons. The number of hydrogen-bond acceptors (Lipinski definition) is 1. The lowest BCUT2D eigenvalue weighted by Crippen LogP contribution is -2.52.